The van der Waals surface area contributed by atoms with Crippen molar-refractivity contribution in [1.29, 1.82) is 0 Å². The summed E-state index contributed by atoms with van der Waals surface area (Å²) in [5.74, 6) is -4.17. The second-order valence-electron chi connectivity index (χ2n) is 9.65. The molecule has 0 aliphatic rings. The fraction of sp³-hybridized carbons (Fsp3) is 0.143. The average molecular weight is 660 g/mol. The van der Waals surface area contributed by atoms with Gasteiger partial charge in [0.05, 0.1) is 57.4 Å². The molecule has 0 aliphatic carbocycles. The minimum absolute atomic E-state index is 0.00963. The van der Waals surface area contributed by atoms with Gasteiger partial charge in [0.15, 0.2) is 0 Å². The van der Waals surface area contributed by atoms with Gasteiger partial charge in [0.2, 0.25) is 0 Å². The molecule has 0 bridgehead atoms. The molecule has 0 atom stereocenters. The summed E-state index contributed by atoms with van der Waals surface area (Å²) >= 11 is 0. The number of hydrogen-bond acceptors (Lipinski definition) is 8. The molecule has 0 unspecified atom stereocenters. The van der Waals surface area contributed by atoms with Crippen LogP contribution in [-0.2, 0) is 12.4 Å². The Kier molecular flexibility index (Phi) is 8.23. The highest BCUT2D eigenvalue weighted by Gasteiger charge is 2.36. The summed E-state index contributed by atoms with van der Waals surface area (Å²) < 4.78 is 81.8. The van der Waals surface area contributed by atoms with Crippen LogP contribution in [0.5, 0.6) is 0 Å². The first-order valence-corrected chi connectivity index (χ1v) is 13.1. The molecule has 0 saturated carbocycles. The highest BCUT2D eigenvalue weighted by atomic mass is 19.4. The van der Waals surface area contributed by atoms with Gasteiger partial charge in [-0.05, 0) is 55.5 Å². The maximum Gasteiger partial charge on any atom is 0.417 e. The van der Waals surface area contributed by atoms with E-state index in [1.54, 1.807) is 6.92 Å². The van der Waals surface area contributed by atoms with E-state index in [2.05, 4.69) is 30.9 Å². The second kappa shape index (κ2) is 12.0. The van der Waals surface area contributed by atoms with Crippen LogP contribution in [0.1, 0.15) is 49.1 Å². The zero-order chi connectivity index (χ0) is 34.3. The Morgan fingerprint density at radius 3 is 1.49 bits per heavy atom. The Morgan fingerprint density at radius 2 is 1.13 bits per heavy atom. The van der Waals surface area contributed by atoms with Gasteiger partial charge in [-0.2, -0.15) is 26.3 Å². The lowest BCUT2D eigenvalue weighted by molar-refractivity contribution is -0.138. The molecule has 5 aromatic rings. The minimum atomic E-state index is -4.92. The van der Waals surface area contributed by atoms with E-state index >= 15 is 0 Å². The maximum absolute atomic E-state index is 13.3. The number of carboxylic acids is 2. The largest absolute Gasteiger partial charge is 0.478 e. The molecule has 5 rings (SSSR count). The van der Waals surface area contributed by atoms with Crippen LogP contribution in [0.3, 0.4) is 0 Å². The van der Waals surface area contributed by atoms with Crippen LogP contribution >= 0.6 is 0 Å². The van der Waals surface area contributed by atoms with Gasteiger partial charge in [0.1, 0.15) is 11.4 Å². The molecule has 3 heterocycles. The second-order valence-corrected chi connectivity index (χ2v) is 9.65. The number of benzene rings is 2. The molecule has 1 amide bonds. The van der Waals surface area contributed by atoms with E-state index in [0.717, 1.165) is 33.6 Å². The summed E-state index contributed by atoms with van der Waals surface area (Å²) in [6.45, 7) is 1.92. The molecular formula is C28H18F6N8O5. The predicted octanol–water partition coefficient (Wildman–Crippen LogP) is 4.76. The van der Waals surface area contributed by atoms with Gasteiger partial charge in [-0.3, -0.25) is 4.79 Å². The molecule has 19 heteroatoms. The number of nitrogens with zero attached hydrogens (tertiary/aromatic N) is 7. The third kappa shape index (κ3) is 6.63. The molecule has 13 nitrogen and oxygen atoms in total. The van der Waals surface area contributed by atoms with Gasteiger partial charge >= 0.3 is 24.3 Å². The third-order valence-corrected chi connectivity index (χ3v) is 6.54. The molecule has 0 spiro atoms. The summed E-state index contributed by atoms with van der Waals surface area (Å²) in [6, 6.07) is 7.36. The van der Waals surface area contributed by atoms with Crippen LogP contribution in [0.2, 0.25) is 0 Å². The minimum Gasteiger partial charge on any atom is -0.478 e. The normalized spacial score (nSPS) is 11.8. The SMILES string of the molecule is CCNC(=O)c1cc(-c2cn(-c3ccc(C(F)(F)F)c(C(=O)O)c3)nn2)nc(-c2cn(-c3ccc(C(F)(F)F)c(C(=O)O)c3)nn2)c1. The van der Waals surface area contributed by atoms with Crippen molar-refractivity contribution in [1.82, 2.24) is 40.3 Å². The van der Waals surface area contributed by atoms with E-state index in [-0.39, 0.29) is 46.3 Å². The van der Waals surface area contributed by atoms with Crippen molar-refractivity contribution in [2.45, 2.75) is 19.3 Å². The average Bonchev–Trinajstić information content (AvgIpc) is 3.71. The number of carbonyl (C=O) groups excluding carboxylic acids is 1. The zero-order valence-electron chi connectivity index (χ0n) is 23.5. The molecule has 0 radical (unpaired) electrons. The lowest BCUT2D eigenvalue weighted by Gasteiger charge is -2.11. The van der Waals surface area contributed by atoms with E-state index in [4.69, 9.17) is 0 Å². The van der Waals surface area contributed by atoms with E-state index < -0.39 is 52.5 Å². The van der Waals surface area contributed by atoms with Crippen LogP contribution in [0.15, 0.2) is 60.9 Å². The highest BCUT2D eigenvalue weighted by Crippen LogP contribution is 2.34. The van der Waals surface area contributed by atoms with Crippen molar-refractivity contribution in [3.05, 3.63) is 88.7 Å². The molecule has 0 fully saturated rings. The Bertz CT molecular complexity index is 1900. The van der Waals surface area contributed by atoms with Crippen molar-refractivity contribution in [2.24, 2.45) is 0 Å². The quantitative estimate of drug-likeness (QED) is 0.197. The molecule has 0 saturated heterocycles. The zero-order valence-corrected chi connectivity index (χ0v) is 23.5. The van der Waals surface area contributed by atoms with Gasteiger partial charge in [0.25, 0.3) is 5.91 Å². The van der Waals surface area contributed by atoms with Crippen molar-refractivity contribution in [3.8, 4) is 34.2 Å². The number of carboxylic acid groups (broad SMARTS) is 2. The lowest BCUT2D eigenvalue weighted by Crippen LogP contribution is -2.22. The number of amides is 1. The number of rotatable bonds is 8. The first-order chi connectivity index (χ1) is 22.1. The highest BCUT2D eigenvalue weighted by molar-refractivity contribution is 5.96. The van der Waals surface area contributed by atoms with E-state index in [1.807, 2.05) is 0 Å². The molecule has 0 aliphatic heterocycles. The summed E-state index contributed by atoms with van der Waals surface area (Å²) in [6.07, 6.45) is -7.39. The van der Waals surface area contributed by atoms with Gasteiger partial charge in [-0.25, -0.2) is 23.9 Å². The Hall–Kier alpha value is -6.14. The van der Waals surface area contributed by atoms with Crippen LogP contribution in [0.4, 0.5) is 26.3 Å². The molecule has 2 aromatic carbocycles. The first kappa shape index (κ1) is 32.3. The number of nitrogens with one attached hydrogen (secondary N) is 1. The number of hydrogen-bond donors (Lipinski definition) is 3. The summed E-state index contributed by atoms with van der Waals surface area (Å²) in [5, 5.41) is 36.9. The van der Waals surface area contributed by atoms with E-state index in [9.17, 15) is 50.9 Å². The smallest absolute Gasteiger partial charge is 0.417 e. The summed E-state index contributed by atoms with van der Waals surface area (Å²) in [5.41, 5.74) is -4.78. The fourth-order valence-electron chi connectivity index (χ4n) is 4.40. The molecule has 3 N–H and O–H groups in total. The molecule has 3 aromatic heterocycles. The molecular weight excluding hydrogens is 642 g/mol. The van der Waals surface area contributed by atoms with Crippen molar-refractivity contribution in [3.63, 3.8) is 0 Å². The molecule has 242 valence electrons. The predicted molar refractivity (Wildman–Crippen MR) is 147 cm³/mol. The van der Waals surface area contributed by atoms with Crippen LogP contribution < -0.4 is 5.32 Å². The van der Waals surface area contributed by atoms with E-state index in [0.29, 0.717) is 12.1 Å². The Balaban J connectivity index is 1.55. The number of aromatic carboxylic acids is 2. The fourth-order valence-corrected chi connectivity index (χ4v) is 4.40. The third-order valence-electron chi connectivity index (χ3n) is 6.54. The topological polar surface area (TPSA) is 178 Å². The summed E-state index contributed by atoms with van der Waals surface area (Å²) in [4.78, 5) is 40.2. The van der Waals surface area contributed by atoms with Crippen LogP contribution in [0, 0.1) is 0 Å². The summed E-state index contributed by atoms with van der Waals surface area (Å²) in [7, 11) is 0. The Morgan fingerprint density at radius 1 is 0.702 bits per heavy atom. The van der Waals surface area contributed by atoms with Gasteiger partial charge in [-0.15, -0.1) is 10.2 Å². The van der Waals surface area contributed by atoms with Crippen LogP contribution in [0.25, 0.3) is 34.2 Å². The van der Waals surface area contributed by atoms with Crippen molar-refractivity contribution < 1.29 is 50.9 Å². The van der Waals surface area contributed by atoms with Gasteiger partial charge in [0, 0.05) is 12.1 Å². The van der Waals surface area contributed by atoms with Gasteiger partial charge in [-0.1, -0.05) is 10.4 Å². The number of carbonyl (C=O) groups is 3. The number of pyridine rings is 1. The standard InChI is InChI=1S/C28H18F6N8O5/c1-2-35-24(43)13-7-20(22-11-41(39-37-22)14-3-5-18(27(29,30)31)16(9-14)25(44)45)36-21(8-13)23-12-42(40-38-23)15-4-6-19(28(32,33)34)17(10-15)26(46)47/h3-12H,2H2,1H3,(H,35,43)(H,44,45)(H,46,47). The Labute approximate surface area is 258 Å². The van der Waals surface area contributed by atoms with Crippen molar-refractivity contribution in [2.75, 3.05) is 6.54 Å². The number of alkyl halides is 6. The maximum atomic E-state index is 13.3. The first-order valence-electron chi connectivity index (χ1n) is 13.1. The molecule has 47 heavy (non-hydrogen) atoms. The lowest BCUT2D eigenvalue weighted by atomic mass is 10.1. The monoisotopic (exact) mass is 660 g/mol. The van der Waals surface area contributed by atoms with Crippen LogP contribution in [-0.4, -0.2) is 69.6 Å². The number of halogens is 6. The number of aromatic nitrogens is 7. The van der Waals surface area contributed by atoms with Gasteiger partial charge < -0.3 is 15.5 Å². The van der Waals surface area contributed by atoms with Crippen molar-refractivity contribution >= 4 is 17.8 Å². The van der Waals surface area contributed by atoms with E-state index in [1.165, 1.54) is 24.5 Å².